The molecule has 142 valence electrons. The van der Waals surface area contributed by atoms with Gasteiger partial charge < -0.3 is 20.1 Å². The fourth-order valence-corrected chi connectivity index (χ4v) is 3.24. The average molecular weight is 381 g/mol. The molecule has 8 nitrogen and oxygen atoms in total. The molecule has 2 N–H and O–H groups in total. The zero-order chi connectivity index (χ0) is 19.5. The summed E-state index contributed by atoms with van der Waals surface area (Å²) < 4.78 is 5.16. The monoisotopic (exact) mass is 381 g/mol. The number of alkyl carbamates (subject to hydrolysis) is 1. The number of nitrogens with zero attached hydrogens (tertiary/aromatic N) is 2. The van der Waals surface area contributed by atoms with Crippen molar-refractivity contribution >= 4 is 29.7 Å². The van der Waals surface area contributed by atoms with Crippen LogP contribution >= 0.6 is 11.8 Å². The topological polar surface area (TPSA) is 109 Å². The minimum Gasteiger partial charge on any atom is -0.479 e. The first-order chi connectivity index (χ1) is 12.1. The third kappa shape index (κ3) is 4.46. The van der Waals surface area contributed by atoms with Gasteiger partial charge in [-0.25, -0.2) is 14.6 Å². The number of hydrogen-bond donors (Lipinski definition) is 2. The number of likely N-dealkylation sites (tertiary alicyclic amines) is 1. The molecular formula is C17H23N3O5S. The van der Waals surface area contributed by atoms with Crippen LogP contribution < -0.4 is 5.32 Å². The van der Waals surface area contributed by atoms with Gasteiger partial charge in [-0.2, -0.15) is 0 Å². The number of thioether (sulfide) groups is 1. The maximum Gasteiger partial charge on any atom is 0.408 e. The Bertz CT molecular complexity index is 719. The number of carbonyl (C=O) groups excluding carboxylic acids is 2. The first kappa shape index (κ1) is 20.0. The molecular weight excluding hydrogens is 358 g/mol. The Morgan fingerprint density at radius 2 is 2.08 bits per heavy atom. The normalized spacial score (nSPS) is 19.9. The number of aromatic nitrogens is 1. The summed E-state index contributed by atoms with van der Waals surface area (Å²) in [4.78, 5) is 42.3. The molecule has 0 aromatic carbocycles. The van der Waals surface area contributed by atoms with Gasteiger partial charge in [0.05, 0.1) is 12.1 Å². The number of nitrogens with one attached hydrogen (secondary N) is 1. The molecule has 1 fully saturated rings. The number of aliphatic carboxylic acids is 1. The number of hydrogen-bond acceptors (Lipinski definition) is 6. The van der Waals surface area contributed by atoms with E-state index in [1.807, 2.05) is 6.26 Å². The third-order valence-corrected chi connectivity index (χ3v) is 4.61. The Labute approximate surface area is 156 Å². The van der Waals surface area contributed by atoms with Gasteiger partial charge in [0.25, 0.3) is 5.91 Å². The fourth-order valence-electron chi connectivity index (χ4n) is 2.70. The summed E-state index contributed by atoms with van der Waals surface area (Å²) in [5, 5.41) is 12.7. The summed E-state index contributed by atoms with van der Waals surface area (Å²) in [7, 11) is 0. The van der Waals surface area contributed by atoms with Crippen molar-refractivity contribution in [2.24, 2.45) is 0 Å². The van der Waals surface area contributed by atoms with Gasteiger partial charge in [0.15, 0.2) is 5.54 Å². The fraction of sp³-hybridized carbons (Fsp3) is 0.529. The summed E-state index contributed by atoms with van der Waals surface area (Å²) >= 11 is 1.34. The molecule has 26 heavy (non-hydrogen) atoms. The largest absolute Gasteiger partial charge is 0.479 e. The van der Waals surface area contributed by atoms with E-state index in [1.54, 1.807) is 39.1 Å². The van der Waals surface area contributed by atoms with E-state index in [1.165, 1.54) is 16.7 Å². The highest BCUT2D eigenvalue weighted by molar-refractivity contribution is 7.98. The average Bonchev–Trinajstić information content (AvgIpc) is 2.97. The zero-order valence-corrected chi connectivity index (χ0v) is 16.1. The van der Waals surface area contributed by atoms with E-state index in [-0.39, 0.29) is 25.4 Å². The molecule has 1 atom stereocenters. The summed E-state index contributed by atoms with van der Waals surface area (Å²) in [6.45, 7) is 5.15. The number of carboxylic acid groups (broad SMARTS) is 1. The summed E-state index contributed by atoms with van der Waals surface area (Å²) in [5.41, 5.74) is -1.90. The van der Waals surface area contributed by atoms with E-state index >= 15 is 0 Å². The molecule has 0 aliphatic carbocycles. The van der Waals surface area contributed by atoms with Gasteiger partial charge in [-0.1, -0.05) is 0 Å². The SMILES string of the molecule is CSc1ncccc1C(=O)N1CCC(NC(=O)OC(C)(C)C)(C(=O)O)C1. The van der Waals surface area contributed by atoms with Crippen LogP contribution in [0.2, 0.25) is 0 Å². The van der Waals surface area contributed by atoms with E-state index in [2.05, 4.69) is 10.3 Å². The standard InChI is InChI=1S/C17H23N3O5S/c1-16(2,3)25-15(24)19-17(14(22)23)7-9-20(10-17)13(21)11-6-5-8-18-12(11)26-4/h5-6,8H,7,9-10H2,1-4H3,(H,19,24)(H,22,23). The van der Waals surface area contributed by atoms with Gasteiger partial charge >= 0.3 is 12.1 Å². The van der Waals surface area contributed by atoms with Crippen molar-refractivity contribution < 1.29 is 24.2 Å². The molecule has 0 bridgehead atoms. The minimum atomic E-state index is -1.57. The number of amides is 2. The molecule has 2 amide bonds. The van der Waals surface area contributed by atoms with Crippen LogP contribution in [0.4, 0.5) is 4.79 Å². The van der Waals surface area contributed by atoms with E-state index in [4.69, 9.17) is 4.74 Å². The predicted molar refractivity (Wildman–Crippen MR) is 96.3 cm³/mol. The molecule has 2 heterocycles. The zero-order valence-electron chi connectivity index (χ0n) is 15.2. The summed E-state index contributed by atoms with van der Waals surface area (Å²) in [6.07, 6.45) is 2.69. The Hall–Kier alpha value is -2.29. The van der Waals surface area contributed by atoms with E-state index in [9.17, 15) is 19.5 Å². The van der Waals surface area contributed by atoms with Gasteiger partial charge in [0.2, 0.25) is 0 Å². The smallest absolute Gasteiger partial charge is 0.408 e. The molecule has 2 rings (SSSR count). The molecule has 1 saturated heterocycles. The number of carboxylic acids is 1. The van der Waals surface area contributed by atoms with E-state index in [0.29, 0.717) is 10.6 Å². The van der Waals surface area contributed by atoms with Crippen LogP contribution in [0.25, 0.3) is 0 Å². The van der Waals surface area contributed by atoms with Gasteiger partial charge in [-0.3, -0.25) is 4.79 Å². The van der Waals surface area contributed by atoms with Crippen molar-refractivity contribution in [3.8, 4) is 0 Å². The first-order valence-electron chi connectivity index (χ1n) is 8.11. The number of rotatable bonds is 4. The van der Waals surface area contributed by atoms with Gasteiger partial charge in [-0.15, -0.1) is 11.8 Å². The number of ether oxygens (including phenoxy) is 1. The predicted octanol–water partition coefficient (Wildman–Crippen LogP) is 2.00. The Morgan fingerprint density at radius 1 is 1.38 bits per heavy atom. The van der Waals surface area contributed by atoms with E-state index < -0.39 is 23.2 Å². The lowest BCUT2D eigenvalue weighted by molar-refractivity contribution is -0.144. The van der Waals surface area contributed by atoms with Crippen LogP contribution in [0.15, 0.2) is 23.4 Å². The van der Waals surface area contributed by atoms with Crippen LogP contribution in [-0.2, 0) is 9.53 Å². The highest BCUT2D eigenvalue weighted by atomic mass is 32.2. The lowest BCUT2D eigenvalue weighted by Gasteiger charge is -2.28. The Kier molecular flexibility index (Phi) is 5.80. The van der Waals surface area contributed by atoms with E-state index in [0.717, 1.165) is 0 Å². The molecule has 1 aromatic rings. The highest BCUT2D eigenvalue weighted by Gasteiger charge is 2.48. The van der Waals surface area contributed by atoms with Crippen molar-refractivity contribution in [3.63, 3.8) is 0 Å². The maximum atomic E-state index is 12.8. The third-order valence-electron chi connectivity index (χ3n) is 3.90. The second kappa shape index (κ2) is 7.53. The summed E-state index contributed by atoms with van der Waals surface area (Å²) in [5.74, 6) is -1.51. The quantitative estimate of drug-likeness (QED) is 0.768. The van der Waals surface area contributed by atoms with Crippen molar-refractivity contribution in [2.45, 2.75) is 43.4 Å². The second-order valence-corrected chi connectivity index (χ2v) is 7.85. The molecule has 1 aromatic heterocycles. The lowest BCUT2D eigenvalue weighted by Crippen LogP contribution is -2.57. The van der Waals surface area contributed by atoms with Crippen molar-refractivity contribution in [1.29, 1.82) is 0 Å². The second-order valence-electron chi connectivity index (χ2n) is 7.05. The highest BCUT2D eigenvalue weighted by Crippen LogP contribution is 2.26. The van der Waals surface area contributed by atoms with Crippen LogP contribution in [0.1, 0.15) is 37.6 Å². The number of pyridine rings is 1. The maximum absolute atomic E-state index is 12.8. The Balaban J connectivity index is 2.17. The van der Waals surface area contributed by atoms with Crippen LogP contribution in [0.3, 0.4) is 0 Å². The minimum absolute atomic E-state index is 0.0994. The molecule has 1 unspecified atom stereocenters. The molecule has 9 heteroatoms. The molecule has 0 saturated carbocycles. The van der Waals surface area contributed by atoms with Crippen LogP contribution in [0.5, 0.6) is 0 Å². The molecule has 0 spiro atoms. The van der Waals surface area contributed by atoms with Crippen molar-refractivity contribution in [2.75, 3.05) is 19.3 Å². The van der Waals surface area contributed by atoms with Gasteiger partial charge in [-0.05, 0) is 39.2 Å². The summed E-state index contributed by atoms with van der Waals surface area (Å²) in [6, 6.07) is 3.32. The van der Waals surface area contributed by atoms with Crippen LogP contribution in [-0.4, -0.2) is 63.4 Å². The number of carbonyl (C=O) groups is 3. The van der Waals surface area contributed by atoms with Gasteiger partial charge in [0.1, 0.15) is 10.6 Å². The molecule has 0 radical (unpaired) electrons. The first-order valence-corrected chi connectivity index (χ1v) is 9.33. The van der Waals surface area contributed by atoms with Gasteiger partial charge in [0, 0.05) is 19.2 Å². The Morgan fingerprint density at radius 3 is 2.65 bits per heavy atom. The molecule has 1 aliphatic heterocycles. The lowest BCUT2D eigenvalue weighted by atomic mass is 9.99. The molecule has 1 aliphatic rings. The van der Waals surface area contributed by atoms with Crippen LogP contribution in [0, 0.1) is 0 Å². The van der Waals surface area contributed by atoms with Crippen molar-refractivity contribution in [1.82, 2.24) is 15.2 Å². The van der Waals surface area contributed by atoms with Crippen molar-refractivity contribution in [3.05, 3.63) is 23.9 Å².